The third-order valence-corrected chi connectivity index (χ3v) is 5.31. The van der Waals surface area contributed by atoms with Crippen molar-refractivity contribution in [2.24, 2.45) is 5.16 Å². The summed E-state index contributed by atoms with van der Waals surface area (Å²) in [4.78, 5) is 44.3. The van der Waals surface area contributed by atoms with Crippen molar-refractivity contribution in [2.45, 2.75) is 37.9 Å². The topological polar surface area (TPSA) is 219 Å². The molecule has 176 valence electrons. The van der Waals surface area contributed by atoms with E-state index in [1.807, 2.05) is 0 Å². The predicted octanol–water partition coefficient (Wildman–Crippen LogP) is -1.09. The summed E-state index contributed by atoms with van der Waals surface area (Å²) >= 11 is 1.05. The summed E-state index contributed by atoms with van der Waals surface area (Å²) in [6, 6.07) is 0.925. The molecule has 1 amide bonds. The van der Waals surface area contributed by atoms with Gasteiger partial charge in [0, 0.05) is 11.4 Å². The Balaban J connectivity index is 1.72. The monoisotopic (exact) mass is 481 g/mol. The minimum atomic E-state index is -1.43. The van der Waals surface area contributed by atoms with Crippen molar-refractivity contribution in [1.29, 1.82) is 0 Å². The van der Waals surface area contributed by atoms with Crippen molar-refractivity contribution in [3.63, 3.8) is 0 Å². The maximum atomic E-state index is 12.8. The van der Waals surface area contributed by atoms with Gasteiger partial charge in [-0.25, -0.2) is 4.98 Å². The molecular formula is C17H20BN5O9S. The average Bonchev–Trinajstić information content (AvgIpc) is 3.16. The summed E-state index contributed by atoms with van der Waals surface area (Å²) in [7, 11) is -1.43. The van der Waals surface area contributed by atoms with Gasteiger partial charge in [-0.3, -0.25) is 14.4 Å². The first-order chi connectivity index (χ1) is 15.6. The molecule has 1 aliphatic heterocycles. The van der Waals surface area contributed by atoms with E-state index in [9.17, 15) is 29.7 Å². The van der Waals surface area contributed by atoms with Crippen LogP contribution < -0.4 is 16.5 Å². The Hall–Kier alpha value is -3.63. The lowest BCUT2D eigenvalue weighted by Crippen LogP contribution is -2.54. The minimum absolute atomic E-state index is 0.0559. The average molecular weight is 481 g/mol. The molecule has 3 heterocycles. The summed E-state index contributed by atoms with van der Waals surface area (Å²) in [6.07, 6.45) is 0.380. The number of hydrogen-bond acceptors (Lipinski definition) is 12. The number of carboxylic acids is 1. The number of nitrogens with zero attached hydrogens (tertiary/aromatic N) is 3. The largest absolute Gasteiger partial charge is 0.503 e. The Morgan fingerprint density at radius 3 is 2.85 bits per heavy atom. The van der Waals surface area contributed by atoms with E-state index in [2.05, 4.69) is 15.5 Å². The van der Waals surface area contributed by atoms with Gasteiger partial charge >= 0.3 is 13.1 Å². The number of thiazole rings is 1. The number of rotatable bonds is 8. The Bertz CT molecular complexity index is 1120. The van der Waals surface area contributed by atoms with Gasteiger partial charge in [-0.1, -0.05) is 5.16 Å². The highest BCUT2D eigenvalue weighted by molar-refractivity contribution is 7.13. The second-order valence-corrected chi connectivity index (χ2v) is 7.94. The number of amides is 1. The highest BCUT2D eigenvalue weighted by Gasteiger charge is 2.37. The van der Waals surface area contributed by atoms with Gasteiger partial charge < -0.3 is 41.0 Å². The molecule has 2 aromatic heterocycles. The molecule has 2 aromatic rings. The molecule has 0 aromatic carbocycles. The van der Waals surface area contributed by atoms with E-state index in [4.69, 9.17) is 20.3 Å². The molecule has 7 N–H and O–H groups in total. The summed E-state index contributed by atoms with van der Waals surface area (Å²) in [5.74, 6) is -3.36. The van der Waals surface area contributed by atoms with Crippen molar-refractivity contribution in [1.82, 2.24) is 15.0 Å². The van der Waals surface area contributed by atoms with Crippen LogP contribution in [0.1, 0.15) is 30.7 Å². The summed E-state index contributed by atoms with van der Waals surface area (Å²) in [5, 5.41) is 45.9. The molecule has 1 aliphatic rings. The fourth-order valence-electron chi connectivity index (χ4n) is 3.02. The lowest BCUT2D eigenvalue weighted by molar-refractivity contribution is -0.139. The van der Waals surface area contributed by atoms with Gasteiger partial charge in [0.2, 0.25) is 5.43 Å². The van der Waals surface area contributed by atoms with E-state index >= 15 is 0 Å². The molecule has 0 radical (unpaired) electrons. The van der Waals surface area contributed by atoms with Crippen LogP contribution in [0.5, 0.6) is 5.75 Å². The fraction of sp³-hybridized carbons (Fsp3) is 0.353. The Morgan fingerprint density at radius 2 is 2.21 bits per heavy atom. The number of anilines is 1. The number of carboxylic acid groups (broad SMARTS) is 1. The second-order valence-electron chi connectivity index (χ2n) is 7.05. The fourth-order valence-corrected chi connectivity index (χ4v) is 3.57. The lowest BCUT2D eigenvalue weighted by atomic mass is 9.72. The maximum absolute atomic E-state index is 12.8. The molecule has 3 rings (SSSR count). The number of hydrogen-bond donors (Lipinski definition) is 6. The van der Waals surface area contributed by atoms with E-state index < -0.39 is 48.8 Å². The Kier molecular flexibility index (Phi) is 7.52. The number of aliphatic carboxylic acids is 1. The molecule has 0 saturated carbocycles. The van der Waals surface area contributed by atoms with Crippen LogP contribution in [-0.4, -0.2) is 66.9 Å². The van der Waals surface area contributed by atoms with Crippen molar-refractivity contribution in [3.8, 4) is 5.75 Å². The zero-order valence-electron chi connectivity index (χ0n) is 16.9. The number of aromatic nitrogens is 2. The number of nitrogen functional groups attached to an aromatic ring is 1. The van der Waals surface area contributed by atoms with E-state index in [1.54, 1.807) is 0 Å². The van der Waals surface area contributed by atoms with Gasteiger partial charge in [0.1, 0.15) is 11.4 Å². The van der Waals surface area contributed by atoms with Crippen LogP contribution in [0.2, 0.25) is 0 Å². The molecule has 1 unspecified atom stereocenters. The molecule has 1 fully saturated rings. The van der Waals surface area contributed by atoms with E-state index in [1.165, 1.54) is 5.38 Å². The van der Waals surface area contributed by atoms with Crippen LogP contribution in [0.15, 0.2) is 27.6 Å². The van der Waals surface area contributed by atoms with E-state index in [-0.39, 0.29) is 35.1 Å². The van der Waals surface area contributed by atoms with Crippen LogP contribution in [0.4, 0.5) is 5.13 Å². The van der Waals surface area contributed by atoms with Crippen LogP contribution in [0.25, 0.3) is 0 Å². The number of nitrogens with one attached hydrogen (secondary N) is 1. The van der Waals surface area contributed by atoms with Crippen molar-refractivity contribution in [3.05, 3.63) is 39.3 Å². The van der Waals surface area contributed by atoms with Crippen LogP contribution in [0, 0.1) is 0 Å². The summed E-state index contributed by atoms with van der Waals surface area (Å²) in [5.41, 5.74) is 4.60. The molecule has 0 bridgehead atoms. The molecule has 16 heteroatoms. The zero-order valence-corrected chi connectivity index (χ0v) is 17.8. The van der Waals surface area contributed by atoms with Crippen LogP contribution >= 0.6 is 11.3 Å². The quantitative estimate of drug-likeness (QED) is 0.115. The first kappa shape index (κ1) is 24.0. The number of carbonyl (C=O) groups excluding carboxylic acids is 1. The Morgan fingerprint density at radius 1 is 1.45 bits per heavy atom. The van der Waals surface area contributed by atoms with Crippen LogP contribution in [0.3, 0.4) is 0 Å². The predicted molar refractivity (Wildman–Crippen MR) is 114 cm³/mol. The molecule has 14 nitrogen and oxygen atoms in total. The molecule has 2 atom stereocenters. The van der Waals surface area contributed by atoms with E-state index in [0.29, 0.717) is 11.2 Å². The van der Waals surface area contributed by atoms with Crippen molar-refractivity contribution >= 4 is 41.2 Å². The highest BCUT2D eigenvalue weighted by Crippen LogP contribution is 2.19. The number of carbonyl (C=O) groups is 2. The van der Waals surface area contributed by atoms with Gasteiger partial charge in [-0.05, 0) is 12.8 Å². The third-order valence-electron chi connectivity index (χ3n) is 4.63. The van der Waals surface area contributed by atoms with Crippen molar-refractivity contribution in [2.75, 3.05) is 5.73 Å². The molecule has 1 saturated heterocycles. The molecular weight excluding hydrogens is 461 g/mol. The normalized spacial score (nSPS) is 18.7. The van der Waals surface area contributed by atoms with E-state index in [0.717, 1.165) is 23.6 Å². The zero-order chi connectivity index (χ0) is 24.1. The standard InChI is InChI=1S/C17H20BN5O9S/c19-17-20-10(7-33-17)15(22-31-6-8-3-11(24)12(25)5-23(8)30)16(28)21-13-2-1-9(4-14(26)27)32-18(13)29/h3,5,7,9,13,25,29-30H,1-2,4,6H2,(H2,19,20)(H,21,28)(H,26,27)/b22-15+/t9?,13-/m0/s1. The van der Waals surface area contributed by atoms with Gasteiger partial charge in [0.05, 0.1) is 24.7 Å². The first-order valence-electron chi connectivity index (χ1n) is 9.55. The third kappa shape index (κ3) is 6.21. The highest BCUT2D eigenvalue weighted by atomic mass is 32.1. The van der Waals surface area contributed by atoms with Crippen LogP contribution in [-0.2, 0) is 25.7 Å². The summed E-state index contributed by atoms with van der Waals surface area (Å²) < 4.78 is 5.72. The van der Waals surface area contributed by atoms with Crippen molar-refractivity contribution < 1.29 is 39.5 Å². The van der Waals surface area contributed by atoms with Gasteiger partial charge in [0.15, 0.2) is 23.2 Å². The number of nitrogens with two attached hydrogens (primary N) is 1. The maximum Gasteiger partial charge on any atom is 0.478 e. The molecule has 33 heavy (non-hydrogen) atoms. The molecule has 0 spiro atoms. The number of oxime groups is 1. The first-order valence-corrected chi connectivity index (χ1v) is 10.4. The summed E-state index contributed by atoms with van der Waals surface area (Å²) in [6.45, 7) is -0.436. The minimum Gasteiger partial charge on any atom is -0.503 e. The smallest absolute Gasteiger partial charge is 0.478 e. The van der Waals surface area contributed by atoms with Gasteiger partial charge in [-0.2, -0.15) is 4.73 Å². The number of aromatic hydroxyl groups is 1. The van der Waals surface area contributed by atoms with Gasteiger partial charge in [0.25, 0.3) is 5.91 Å². The lowest BCUT2D eigenvalue weighted by Gasteiger charge is -2.30. The molecule has 0 aliphatic carbocycles. The SMILES string of the molecule is Nc1nc(/C(=N\OCc2cc(=O)c(O)cn2O)C(=O)N[C@H]2CCC(CC(=O)O)OB2O)cs1. The Labute approximate surface area is 190 Å². The number of pyridine rings is 1. The second kappa shape index (κ2) is 10.3. The van der Waals surface area contributed by atoms with Gasteiger partial charge in [-0.15, -0.1) is 11.3 Å².